The van der Waals surface area contributed by atoms with Gasteiger partial charge in [0, 0.05) is 25.5 Å². The van der Waals surface area contributed by atoms with Gasteiger partial charge in [0.2, 0.25) is 5.95 Å². The second-order valence-electron chi connectivity index (χ2n) is 3.08. The van der Waals surface area contributed by atoms with Gasteiger partial charge in [-0.15, -0.1) is 0 Å². The molecule has 2 rings (SSSR count). The Morgan fingerprint density at radius 2 is 2.08 bits per heavy atom. The highest BCUT2D eigenvalue weighted by atomic mass is 79.9. The zero-order valence-corrected chi connectivity index (χ0v) is 8.87. The minimum absolute atomic E-state index is 0.833. The van der Waals surface area contributed by atoms with Gasteiger partial charge < -0.3 is 4.90 Å². The summed E-state index contributed by atoms with van der Waals surface area (Å²) in [6, 6.07) is 0. The van der Waals surface area contributed by atoms with Crippen LogP contribution in [0.4, 0.5) is 5.95 Å². The molecule has 1 aliphatic rings. The molecule has 4 heteroatoms. The van der Waals surface area contributed by atoms with Crippen LogP contribution in [0.2, 0.25) is 0 Å². The van der Waals surface area contributed by atoms with Crippen molar-refractivity contribution in [2.45, 2.75) is 12.8 Å². The second-order valence-corrected chi connectivity index (χ2v) is 3.99. The van der Waals surface area contributed by atoms with Crippen molar-refractivity contribution in [3.8, 4) is 0 Å². The smallest absolute Gasteiger partial charge is 0.225 e. The summed E-state index contributed by atoms with van der Waals surface area (Å²) in [5.74, 6) is 0.833. The van der Waals surface area contributed by atoms with Crippen molar-refractivity contribution in [2.24, 2.45) is 0 Å². The van der Waals surface area contributed by atoms with Crippen molar-refractivity contribution in [3.63, 3.8) is 0 Å². The molecule has 0 saturated carbocycles. The Bertz CT molecular complexity index is 267. The van der Waals surface area contributed by atoms with Crippen LogP contribution in [0.3, 0.4) is 0 Å². The minimum Gasteiger partial charge on any atom is -0.341 e. The maximum Gasteiger partial charge on any atom is 0.225 e. The summed E-state index contributed by atoms with van der Waals surface area (Å²) in [6.07, 6.45) is 8.27. The van der Waals surface area contributed by atoms with Crippen LogP contribution in [-0.4, -0.2) is 23.1 Å². The van der Waals surface area contributed by atoms with Gasteiger partial charge >= 0.3 is 0 Å². The summed E-state index contributed by atoms with van der Waals surface area (Å²) >= 11 is 3.32. The summed E-state index contributed by atoms with van der Waals surface area (Å²) in [5.41, 5.74) is 0. The van der Waals surface area contributed by atoms with E-state index in [2.05, 4.69) is 37.2 Å². The summed E-state index contributed by atoms with van der Waals surface area (Å²) in [4.78, 5) is 10.7. The van der Waals surface area contributed by atoms with E-state index >= 15 is 0 Å². The van der Waals surface area contributed by atoms with Gasteiger partial charge in [-0.1, -0.05) is 0 Å². The molecule has 13 heavy (non-hydrogen) atoms. The van der Waals surface area contributed by atoms with Crippen molar-refractivity contribution in [1.82, 2.24) is 9.97 Å². The summed E-state index contributed by atoms with van der Waals surface area (Å²) in [5, 5.41) is 0. The first kappa shape index (κ1) is 8.94. The number of hydrogen-bond acceptors (Lipinski definition) is 3. The number of hydrogen-bond donors (Lipinski definition) is 0. The lowest BCUT2D eigenvalue weighted by Crippen LogP contribution is -2.31. The lowest BCUT2D eigenvalue weighted by atomic mass is 10.1. The lowest BCUT2D eigenvalue weighted by Gasteiger charge is -2.26. The van der Waals surface area contributed by atoms with Crippen LogP contribution in [0.5, 0.6) is 0 Å². The highest BCUT2D eigenvalue weighted by Crippen LogP contribution is 2.15. The van der Waals surface area contributed by atoms with Gasteiger partial charge in [-0.25, -0.2) is 9.97 Å². The van der Waals surface area contributed by atoms with Crippen LogP contribution in [0.25, 0.3) is 0 Å². The number of halogens is 1. The Hall–Kier alpha value is -0.640. The third-order valence-corrected chi connectivity index (χ3v) is 2.48. The minimum atomic E-state index is 0.833. The topological polar surface area (TPSA) is 29.0 Å². The molecule has 0 unspecified atom stereocenters. The molecule has 0 atom stereocenters. The highest BCUT2D eigenvalue weighted by molar-refractivity contribution is 9.10. The monoisotopic (exact) mass is 240 g/mol. The molecule has 3 nitrogen and oxygen atoms in total. The number of anilines is 1. The van der Waals surface area contributed by atoms with Crippen LogP contribution >= 0.6 is 15.9 Å². The van der Waals surface area contributed by atoms with E-state index < -0.39 is 0 Å². The van der Waals surface area contributed by atoms with Crippen molar-refractivity contribution in [2.75, 3.05) is 18.0 Å². The molecular formula is C9H11BrN3. The fourth-order valence-electron chi connectivity index (χ4n) is 1.42. The number of piperidine rings is 1. The Morgan fingerprint density at radius 3 is 2.69 bits per heavy atom. The third-order valence-electron chi connectivity index (χ3n) is 2.08. The standard InChI is InChI=1S/C9H11BrN3/c10-8-6-11-9(12-7-8)13-4-2-1-3-5-13/h2,6-7H,1,3-5H2. The molecular weight excluding hydrogens is 230 g/mol. The average molecular weight is 241 g/mol. The van der Waals surface area contributed by atoms with Gasteiger partial charge in [0.1, 0.15) is 0 Å². The molecule has 69 valence electrons. The first-order valence-electron chi connectivity index (χ1n) is 4.40. The van der Waals surface area contributed by atoms with Gasteiger partial charge in [0.15, 0.2) is 0 Å². The van der Waals surface area contributed by atoms with Crippen LogP contribution < -0.4 is 4.90 Å². The van der Waals surface area contributed by atoms with Crippen LogP contribution in [0, 0.1) is 6.42 Å². The molecule has 1 fully saturated rings. The van der Waals surface area contributed by atoms with Gasteiger partial charge in [0.05, 0.1) is 4.47 Å². The van der Waals surface area contributed by atoms with Gasteiger partial charge in [-0.05, 0) is 35.2 Å². The van der Waals surface area contributed by atoms with E-state index in [0.29, 0.717) is 0 Å². The fourth-order valence-corrected chi connectivity index (χ4v) is 1.62. The van der Waals surface area contributed by atoms with Crippen LogP contribution in [0.1, 0.15) is 12.8 Å². The van der Waals surface area contributed by atoms with E-state index in [4.69, 9.17) is 0 Å². The number of aromatic nitrogens is 2. The first-order chi connectivity index (χ1) is 6.36. The van der Waals surface area contributed by atoms with Crippen LogP contribution in [-0.2, 0) is 0 Å². The molecule has 2 heterocycles. The van der Waals surface area contributed by atoms with Gasteiger partial charge in [0.25, 0.3) is 0 Å². The summed E-state index contributed by atoms with van der Waals surface area (Å²) in [7, 11) is 0. The molecule has 1 saturated heterocycles. The molecule has 1 aliphatic heterocycles. The molecule has 1 aromatic rings. The van der Waals surface area contributed by atoms with Crippen LogP contribution in [0.15, 0.2) is 16.9 Å². The summed E-state index contributed by atoms with van der Waals surface area (Å²) in [6.45, 7) is 2.04. The quantitative estimate of drug-likeness (QED) is 0.753. The fraction of sp³-hybridized carbons (Fsp3) is 0.444. The lowest BCUT2D eigenvalue weighted by molar-refractivity contribution is 0.656. The Labute approximate surface area is 86.3 Å². The normalized spacial score (nSPS) is 17.5. The summed E-state index contributed by atoms with van der Waals surface area (Å²) < 4.78 is 0.928. The third kappa shape index (κ3) is 2.18. The Morgan fingerprint density at radius 1 is 1.31 bits per heavy atom. The average Bonchev–Trinajstić information content (AvgIpc) is 2.20. The maximum atomic E-state index is 4.25. The molecule has 1 radical (unpaired) electrons. The first-order valence-corrected chi connectivity index (χ1v) is 5.20. The van der Waals surface area contributed by atoms with E-state index in [9.17, 15) is 0 Å². The SMILES string of the molecule is Brc1cnc(N2C[CH]CCC2)nc1. The molecule has 0 bridgehead atoms. The van der Waals surface area contributed by atoms with E-state index in [-0.39, 0.29) is 0 Å². The van der Waals surface area contributed by atoms with Gasteiger partial charge in [-0.3, -0.25) is 0 Å². The predicted molar refractivity (Wildman–Crippen MR) is 55.5 cm³/mol. The maximum absolute atomic E-state index is 4.25. The van der Waals surface area contributed by atoms with Crippen molar-refractivity contribution < 1.29 is 0 Å². The zero-order valence-electron chi connectivity index (χ0n) is 7.28. The molecule has 1 aromatic heterocycles. The Balaban J connectivity index is 2.10. The van der Waals surface area contributed by atoms with E-state index in [1.165, 1.54) is 12.8 Å². The van der Waals surface area contributed by atoms with E-state index in [1.54, 1.807) is 12.4 Å². The van der Waals surface area contributed by atoms with E-state index in [0.717, 1.165) is 23.5 Å². The van der Waals surface area contributed by atoms with Crippen molar-refractivity contribution in [1.29, 1.82) is 0 Å². The largest absolute Gasteiger partial charge is 0.341 e. The van der Waals surface area contributed by atoms with E-state index in [1.807, 2.05) is 0 Å². The Kier molecular flexibility index (Phi) is 2.78. The van der Waals surface area contributed by atoms with Crippen molar-refractivity contribution >= 4 is 21.9 Å². The molecule has 0 amide bonds. The van der Waals surface area contributed by atoms with Crippen molar-refractivity contribution in [3.05, 3.63) is 23.3 Å². The van der Waals surface area contributed by atoms with Gasteiger partial charge in [-0.2, -0.15) is 0 Å². The molecule has 0 aliphatic carbocycles. The number of rotatable bonds is 1. The number of nitrogens with zero attached hydrogens (tertiary/aromatic N) is 3. The zero-order chi connectivity index (χ0) is 9.10. The highest BCUT2D eigenvalue weighted by Gasteiger charge is 2.12. The molecule has 0 aromatic carbocycles. The molecule has 0 spiro atoms. The second kappa shape index (κ2) is 4.05. The predicted octanol–water partition coefficient (Wildman–Crippen LogP) is 2.04. The molecule has 0 N–H and O–H groups in total.